The highest BCUT2D eigenvalue weighted by Crippen LogP contribution is 2.42. The lowest BCUT2D eigenvalue weighted by Crippen LogP contribution is -2.07. The number of ether oxygens (including phenoxy) is 1. The molecule has 1 aromatic heterocycles. The Morgan fingerprint density at radius 1 is 0.865 bits per heavy atom. The van der Waals surface area contributed by atoms with Gasteiger partial charge in [-0.3, -0.25) is 4.98 Å². The van der Waals surface area contributed by atoms with Crippen molar-refractivity contribution < 1.29 is 22.3 Å². The number of nitrogens with zero attached hydrogens (tertiary/aromatic N) is 1. The highest BCUT2D eigenvalue weighted by Gasteiger charge is 2.33. The fraction of sp³-hybridized carbons (Fsp3) is 0.100. The number of pyridine rings is 1. The van der Waals surface area contributed by atoms with Crippen LogP contribution < -0.4 is 4.74 Å². The van der Waals surface area contributed by atoms with Gasteiger partial charge in [-0.15, -0.1) is 0 Å². The summed E-state index contributed by atoms with van der Waals surface area (Å²) in [5.74, 6) is -0.00764. The molecule has 0 radical (unpaired) electrons. The topological polar surface area (TPSA) is 22.1 Å². The van der Waals surface area contributed by atoms with Gasteiger partial charge in [-0.2, -0.15) is 13.2 Å². The van der Waals surface area contributed by atoms with E-state index in [2.05, 4.69) is 4.98 Å². The van der Waals surface area contributed by atoms with Crippen LogP contribution in [0.25, 0.3) is 33.2 Å². The second-order valence-electron chi connectivity index (χ2n) is 8.61. The largest absolute Gasteiger partial charge is 0.489 e. The summed E-state index contributed by atoms with van der Waals surface area (Å²) in [6, 6.07) is 22.9. The number of aromatic nitrogens is 1. The van der Waals surface area contributed by atoms with Gasteiger partial charge in [-0.1, -0.05) is 60.1 Å². The average Bonchev–Trinajstić information content (AvgIpc) is 2.88. The van der Waals surface area contributed by atoms with Gasteiger partial charge in [0.15, 0.2) is 0 Å². The number of rotatable bonds is 5. The lowest BCUT2D eigenvalue weighted by Gasteiger charge is -2.18. The minimum absolute atomic E-state index is 0.0597. The normalized spacial score (nSPS) is 11.6. The Morgan fingerprint density at radius 2 is 1.65 bits per heavy atom. The van der Waals surface area contributed by atoms with Gasteiger partial charge in [0.25, 0.3) is 0 Å². The number of hydrogen-bond acceptors (Lipinski definition) is 2. The van der Waals surface area contributed by atoms with Crippen molar-refractivity contribution in [1.82, 2.24) is 4.98 Å². The molecule has 186 valence electrons. The monoisotopic (exact) mass is 521 g/mol. The van der Waals surface area contributed by atoms with Crippen LogP contribution in [-0.4, -0.2) is 4.98 Å². The molecule has 0 bridgehead atoms. The first-order valence-corrected chi connectivity index (χ1v) is 11.8. The molecule has 0 saturated heterocycles. The van der Waals surface area contributed by atoms with E-state index in [-0.39, 0.29) is 12.1 Å². The first-order chi connectivity index (χ1) is 17.7. The van der Waals surface area contributed by atoms with E-state index in [4.69, 9.17) is 16.3 Å². The van der Waals surface area contributed by atoms with Crippen LogP contribution >= 0.6 is 11.6 Å². The number of hydrogen-bond donors (Lipinski definition) is 0. The number of alkyl halides is 3. The molecule has 0 unspecified atom stereocenters. The van der Waals surface area contributed by atoms with Crippen LogP contribution in [0.4, 0.5) is 17.6 Å². The molecule has 7 heteroatoms. The molecule has 0 saturated carbocycles. The maximum Gasteiger partial charge on any atom is 0.418 e. The van der Waals surface area contributed by atoms with Crippen molar-refractivity contribution in [3.63, 3.8) is 0 Å². The fourth-order valence-corrected chi connectivity index (χ4v) is 4.59. The number of aryl methyl sites for hydroxylation is 1. The van der Waals surface area contributed by atoms with E-state index in [0.29, 0.717) is 38.4 Å². The molecule has 5 aromatic rings. The third kappa shape index (κ3) is 5.02. The summed E-state index contributed by atoms with van der Waals surface area (Å²) >= 11 is 5.98. The Kier molecular flexibility index (Phi) is 6.61. The lowest BCUT2D eigenvalue weighted by atomic mass is 9.90. The van der Waals surface area contributed by atoms with E-state index in [0.717, 1.165) is 17.2 Å². The molecule has 4 aromatic carbocycles. The molecule has 37 heavy (non-hydrogen) atoms. The Morgan fingerprint density at radius 3 is 2.43 bits per heavy atom. The highest BCUT2D eigenvalue weighted by molar-refractivity contribution is 6.30. The molecule has 0 amide bonds. The Bertz CT molecular complexity index is 1610. The second kappa shape index (κ2) is 9.87. The number of benzene rings is 4. The van der Waals surface area contributed by atoms with E-state index < -0.39 is 17.6 Å². The van der Waals surface area contributed by atoms with Crippen LogP contribution in [0.2, 0.25) is 5.02 Å². The van der Waals surface area contributed by atoms with Crippen molar-refractivity contribution in [2.45, 2.75) is 19.7 Å². The molecule has 5 rings (SSSR count). The number of para-hydroxylation sites is 1. The molecule has 1 heterocycles. The van der Waals surface area contributed by atoms with E-state index in [1.807, 2.05) is 37.3 Å². The summed E-state index contributed by atoms with van der Waals surface area (Å²) in [6.07, 6.45) is -3.07. The Hall–Kier alpha value is -3.90. The van der Waals surface area contributed by atoms with Crippen molar-refractivity contribution in [1.29, 1.82) is 0 Å². The summed E-state index contributed by atoms with van der Waals surface area (Å²) < 4.78 is 61.5. The highest BCUT2D eigenvalue weighted by atomic mass is 35.5. The molecule has 0 spiro atoms. The third-order valence-electron chi connectivity index (χ3n) is 6.16. The predicted octanol–water partition coefficient (Wildman–Crippen LogP) is 9.27. The van der Waals surface area contributed by atoms with E-state index in [1.54, 1.807) is 24.3 Å². The molecule has 0 aliphatic heterocycles. The van der Waals surface area contributed by atoms with E-state index >= 15 is 0 Å². The number of halogens is 5. The first-order valence-electron chi connectivity index (χ1n) is 11.4. The van der Waals surface area contributed by atoms with Gasteiger partial charge >= 0.3 is 6.18 Å². The zero-order valence-corrected chi connectivity index (χ0v) is 20.4. The summed E-state index contributed by atoms with van der Waals surface area (Å²) in [6.45, 7) is 1.88. The quantitative estimate of drug-likeness (QED) is 0.215. The third-order valence-corrected chi connectivity index (χ3v) is 6.40. The molecule has 0 aliphatic carbocycles. The van der Waals surface area contributed by atoms with E-state index in [1.165, 1.54) is 30.5 Å². The van der Waals surface area contributed by atoms with Crippen molar-refractivity contribution in [2.75, 3.05) is 0 Å². The molecular weight excluding hydrogens is 502 g/mol. The van der Waals surface area contributed by atoms with Crippen LogP contribution in [0.15, 0.2) is 91.1 Å². The van der Waals surface area contributed by atoms with Crippen molar-refractivity contribution in [3.05, 3.63) is 119 Å². The molecular formula is C30H20ClF4NO. The number of fused-ring (bicyclic) bond motifs is 1. The van der Waals surface area contributed by atoms with Crippen LogP contribution in [0.5, 0.6) is 5.75 Å². The Balaban J connectivity index is 1.67. The van der Waals surface area contributed by atoms with Crippen LogP contribution in [0.1, 0.15) is 16.7 Å². The minimum Gasteiger partial charge on any atom is -0.489 e. The molecule has 0 aliphatic rings. The predicted molar refractivity (Wildman–Crippen MR) is 138 cm³/mol. The maximum atomic E-state index is 14.2. The van der Waals surface area contributed by atoms with E-state index in [9.17, 15) is 17.6 Å². The second-order valence-corrected chi connectivity index (χ2v) is 9.05. The van der Waals surface area contributed by atoms with Gasteiger partial charge in [-0.25, -0.2) is 4.39 Å². The van der Waals surface area contributed by atoms with Crippen LogP contribution in [0, 0.1) is 12.7 Å². The maximum absolute atomic E-state index is 14.2. The first kappa shape index (κ1) is 24.8. The summed E-state index contributed by atoms with van der Waals surface area (Å²) in [7, 11) is 0. The molecule has 0 fully saturated rings. The minimum atomic E-state index is -4.56. The smallest absolute Gasteiger partial charge is 0.418 e. The zero-order valence-electron chi connectivity index (χ0n) is 19.6. The van der Waals surface area contributed by atoms with Gasteiger partial charge in [0.2, 0.25) is 0 Å². The molecule has 0 N–H and O–H groups in total. The van der Waals surface area contributed by atoms with Gasteiger partial charge in [-0.05, 0) is 60.0 Å². The van der Waals surface area contributed by atoms with Gasteiger partial charge in [0.1, 0.15) is 18.2 Å². The average molecular weight is 522 g/mol. The molecule has 2 nitrogen and oxygen atoms in total. The van der Waals surface area contributed by atoms with Crippen LogP contribution in [0.3, 0.4) is 0 Å². The summed E-state index contributed by atoms with van der Waals surface area (Å²) in [4.78, 5) is 4.26. The van der Waals surface area contributed by atoms with Crippen LogP contribution in [-0.2, 0) is 12.8 Å². The summed E-state index contributed by atoms with van der Waals surface area (Å²) in [5, 5.41) is 0.758. The SMILES string of the molecule is Cc1ccccc1-c1cnc2c(C(F)(F)F)cccc2c1-c1cccc(OCc2cc(Cl)ccc2F)c1. The van der Waals surface area contributed by atoms with Gasteiger partial charge in [0.05, 0.1) is 11.1 Å². The Labute approximate surface area is 216 Å². The zero-order chi connectivity index (χ0) is 26.2. The summed E-state index contributed by atoms with van der Waals surface area (Å²) in [5.41, 5.74) is 3.13. The molecule has 0 atom stereocenters. The standard InChI is InChI=1S/C30H20ClF4NO/c1-18-6-2-3-9-23(18)25-16-36-29-24(10-5-11-26(29)30(33,34)35)28(25)19-7-4-8-22(15-19)37-17-20-14-21(31)12-13-27(20)32/h2-16H,17H2,1H3. The van der Waals surface area contributed by atoms with Gasteiger partial charge in [0, 0.05) is 33.3 Å². The fourth-order valence-electron chi connectivity index (χ4n) is 4.40. The lowest BCUT2D eigenvalue weighted by molar-refractivity contribution is -0.136. The van der Waals surface area contributed by atoms with Gasteiger partial charge < -0.3 is 4.74 Å². The van der Waals surface area contributed by atoms with Crippen molar-refractivity contribution in [2.24, 2.45) is 0 Å². The van der Waals surface area contributed by atoms with Crippen molar-refractivity contribution in [3.8, 4) is 28.0 Å². The van der Waals surface area contributed by atoms with Crippen molar-refractivity contribution >= 4 is 22.5 Å².